The Bertz CT molecular complexity index is 370. The van der Waals surface area contributed by atoms with E-state index in [2.05, 4.69) is 25.7 Å². The Morgan fingerprint density at radius 3 is 2.50 bits per heavy atom. The van der Waals surface area contributed by atoms with Gasteiger partial charge in [0.2, 0.25) is 0 Å². The van der Waals surface area contributed by atoms with Crippen LogP contribution < -0.4 is 0 Å². The molecule has 14 heavy (non-hydrogen) atoms. The zero-order valence-corrected chi connectivity index (χ0v) is 8.27. The summed E-state index contributed by atoms with van der Waals surface area (Å²) in [6.45, 7) is 4.11. The normalized spacial score (nSPS) is 9.79. The van der Waals surface area contributed by atoms with Crippen LogP contribution in [0.25, 0.3) is 0 Å². The summed E-state index contributed by atoms with van der Waals surface area (Å²) >= 11 is 0. The first kappa shape index (κ1) is 10.7. The fourth-order valence-corrected chi connectivity index (χ4v) is 0.931. The Balaban J connectivity index is 2.76. The molecule has 0 N–H and O–H groups in total. The monoisotopic (exact) mass is 194 g/mol. The van der Waals surface area contributed by atoms with Crippen LogP contribution in [0.3, 0.4) is 0 Å². The second-order valence-corrected chi connectivity index (χ2v) is 3.53. The predicted octanol–water partition coefficient (Wildman–Crippen LogP) is 3.36. The minimum Gasteiger partial charge on any atom is -0.204 e. The highest BCUT2D eigenvalue weighted by molar-refractivity contribution is 5.34. The second-order valence-electron chi connectivity index (χ2n) is 3.53. The lowest BCUT2D eigenvalue weighted by atomic mass is 10.1. The molecule has 0 spiro atoms. The molecular formula is C12H12F2. The summed E-state index contributed by atoms with van der Waals surface area (Å²) in [7, 11) is 0. The van der Waals surface area contributed by atoms with Crippen molar-refractivity contribution in [3.05, 3.63) is 35.4 Å². The average Bonchev–Trinajstić information content (AvgIpc) is 2.10. The average molecular weight is 194 g/mol. The van der Waals surface area contributed by atoms with Crippen molar-refractivity contribution >= 4 is 0 Å². The fourth-order valence-electron chi connectivity index (χ4n) is 0.931. The summed E-state index contributed by atoms with van der Waals surface area (Å²) in [6, 6.07) is 3.68. The SMILES string of the molecule is CC(C)CC#Cc1ccc(F)c(F)c1. The van der Waals surface area contributed by atoms with E-state index in [0.717, 1.165) is 18.6 Å². The van der Waals surface area contributed by atoms with Crippen LogP contribution in [-0.2, 0) is 0 Å². The van der Waals surface area contributed by atoms with Crippen molar-refractivity contribution in [2.45, 2.75) is 20.3 Å². The van der Waals surface area contributed by atoms with E-state index in [1.807, 2.05) is 0 Å². The van der Waals surface area contributed by atoms with Crippen LogP contribution in [0.4, 0.5) is 8.78 Å². The van der Waals surface area contributed by atoms with Gasteiger partial charge in [0.25, 0.3) is 0 Å². The van der Waals surface area contributed by atoms with Crippen LogP contribution >= 0.6 is 0 Å². The third kappa shape index (κ3) is 3.18. The Morgan fingerprint density at radius 1 is 1.21 bits per heavy atom. The standard InChI is InChI=1S/C12H12F2/c1-9(2)4-3-5-10-6-7-11(13)12(14)8-10/h6-9H,4H2,1-2H3. The van der Waals surface area contributed by atoms with E-state index >= 15 is 0 Å². The summed E-state index contributed by atoms with van der Waals surface area (Å²) in [5, 5.41) is 0. The van der Waals surface area contributed by atoms with Crippen LogP contribution in [0.15, 0.2) is 18.2 Å². The predicted molar refractivity (Wildman–Crippen MR) is 52.7 cm³/mol. The molecule has 0 aromatic heterocycles. The summed E-state index contributed by atoms with van der Waals surface area (Å²) in [5.74, 6) is 4.51. The highest BCUT2D eigenvalue weighted by atomic mass is 19.2. The zero-order chi connectivity index (χ0) is 10.6. The molecule has 0 heterocycles. The molecule has 0 aliphatic heterocycles. The molecule has 0 saturated heterocycles. The molecule has 0 saturated carbocycles. The third-order valence-electron chi connectivity index (χ3n) is 1.66. The van der Waals surface area contributed by atoms with Gasteiger partial charge < -0.3 is 0 Å². The van der Waals surface area contributed by atoms with Gasteiger partial charge in [-0.25, -0.2) is 8.78 Å². The Labute approximate surface area is 83.0 Å². The minimum absolute atomic E-state index is 0.493. The molecule has 0 aliphatic carbocycles. The summed E-state index contributed by atoms with van der Waals surface area (Å²) in [4.78, 5) is 0. The van der Waals surface area contributed by atoms with E-state index in [0.29, 0.717) is 11.5 Å². The van der Waals surface area contributed by atoms with Gasteiger partial charge in [0.1, 0.15) is 0 Å². The quantitative estimate of drug-likeness (QED) is 0.601. The van der Waals surface area contributed by atoms with Gasteiger partial charge in [-0.3, -0.25) is 0 Å². The van der Waals surface area contributed by atoms with Gasteiger partial charge in [0.15, 0.2) is 11.6 Å². The van der Waals surface area contributed by atoms with Gasteiger partial charge in [-0.1, -0.05) is 25.7 Å². The largest absolute Gasteiger partial charge is 0.204 e. The molecule has 0 bridgehead atoms. The van der Waals surface area contributed by atoms with Crippen LogP contribution in [0, 0.1) is 29.4 Å². The second kappa shape index (κ2) is 4.76. The lowest BCUT2D eigenvalue weighted by molar-refractivity contribution is 0.508. The van der Waals surface area contributed by atoms with E-state index in [1.54, 1.807) is 0 Å². The van der Waals surface area contributed by atoms with Gasteiger partial charge in [-0.2, -0.15) is 0 Å². The first-order chi connectivity index (χ1) is 6.59. The highest BCUT2D eigenvalue weighted by Gasteiger charge is 1.99. The van der Waals surface area contributed by atoms with Crippen molar-refractivity contribution in [1.82, 2.24) is 0 Å². The van der Waals surface area contributed by atoms with Crippen LogP contribution in [0.5, 0.6) is 0 Å². The zero-order valence-electron chi connectivity index (χ0n) is 8.27. The van der Waals surface area contributed by atoms with E-state index in [9.17, 15) is 8.78 Å². The number of benzene rings is 1. The topological polar surface area (TPSA) is 0 Å². The molecule has 0 amide bonds. The first-order valence-electron chi connectivity index (χ1n) is 4.53. The van der Waals surface area contributed by atoms with Crippen molar-refractivity contribution in [1.29, 1.82) is 0 Å². The van der Waals surface area contributed by atoms with Crippen LogP contribution in [-0.4, -0.2) is 0 Å². The van der Waals surface area contributed by atoms with Gasteiger partial charge in [0.05, 0.1) is 0 Å². The maximum absolute atomic E-state index is 12.7. The molecule has 0 nitrogen and oxygen atoms in total. The molecule has 2 heteroatoms. The molecule has 0 fully saturated rings. The molecular weight excluding hydrogens is 182 g/mol. The minimum atomic E-state index is -0.846. The maximum atomic E-state index is 12.7. The van der Waals surface area contributed by atoms with Crippen molar-refractivity contribution in [2.24, 2.45) is 5.92 Å². The summed E-state index contributed by atoms with van der Waals surface area (Å²) in [6.07, 6.45) is 0.763. The van der Waals surface area contributed by atoms with E-state index < -0.39 is 11.6 Å². The number of rotatable bonds is 1. The molecule has 1 aromatic carbocycles. The Hall–Kier alpha value is -1.36. The highest BCUT2D eigenvalue weighted by Crippen LogP contribution is 2.07. The number of hydrogen-bond donors (Lipinski definition) is 0. The summed E-state index contributed by atoms with van der Waals surface area (Å²) in [5.41, 5.74) is 0.518. The lowest BCUT2D eigenvalue weighted by Crippen LogP contribution is -1.85. The smallest absolute Gasteiger partial charge is 0.160 e. The Morgan fingerprint density at radius 2 is 1.93 bits per heavy atom. The van der Waals surface area contributed by atoms with Crippen molar-refractivity contribution in [3.8, 4) is 11.8 Å². The molecule has 0 atom stereocenters. The van der Waals surface area contributed by atoms with Crippen LogP contribution in [0.2, 0.25) is 0 Å². The van der Waals surface area contributed by atoms with Crippen molar-refractivity contribution < 1.29 is 8.78 Å². The number of halogens is 2. The van der Waals surface area contributed by atoms with E-state index in [1.165, 1.54) is 6.07 Å². The molecule has 0 unspecified atom stereocenters. The fraction of sp³-hybridized carbons (Fsp3) is 0.333. The summed E-state index contributed by atoms with van der Waals surface area (Å²) < 4.78 is 25.2. The third-order valence-corrected chi connectivity index (χ3v) is 1.66. The van der Waals surface area contributed by atoms with Gasteiger partial charge >= 0.3 is 0 Å². The number of hydrogen-bond acceptors (Lipinski definition) is 0. The lowest BCUT2D eigenvalue weighted by Gasteiger charge is -1.94. The molecule has 1 rings (SSSR count). The van der Waals surface area contributed by atoms with Gasteiger partial charge in [0, 0.05) is 12.0 Å². The Kier molecular flexibility index (Phi) is 3.64. The molecule has 0 radical (unpaired) electrons. The molecule has 1 aromatic rings. The van der Waals surface area contributed by atoms with Crippen molar-refractivity contribution in [3.63, 3.8) is 0 Å². The van der Waals surface area contributed by atoms with Gasteiger partial charge in [-0.05, 0) is 24.1 Å². The first-order valence-corrected chi connectivity index (χ1v) is 4.53. The molecule has 0 aliphatic rings. The van der Waals surface area contributed by atoms with Crippen LogP contribution in [0.1, 0.15) is 25.8 Å². The molecule has 74 valence electrons. The van der Waals surface area contributed by atoms with Crippen molar-refractivity contribution in [2.75, 3.05) is 0 Å². The van der Waals surface area contributed by atoms with E-state index in [4.69, 9.17) is 0 Å². The van der Waals surface area contributed by atoms with E-state index in [-0.39, 0.29) is 0 Å². The van der Waals surface area contributed by atoms with Gasteiger partial charge in [-0.15, -0.1) is 0 Å². The maximum Gasteiger partial charge on any atom is 0.160 e.